The molecular formula is C55H45N3+2. The first-order valence-corrected chi connectivity index (χ1v) is 19.9. The molecule has 0 spiro atoms. The molecule has 2 aromatic heterocycles. The lowest BCUT2D eigenvalue weighted by molar-refractivity contribution is -0.649. The molecule has 8 aromatic rings. The summed E-state index contributed by atoms with van der Waals surface area (Å²) in [6.07, 6.45) is 4.76. The van der Waals surface area contributed by atoms with Crippen molar-refractivity contribution in [2.45, 2.75) is 0 Å². The van der Waals surface area contributed by atoms with Crippen LogP contribution in [0.2, 0.25) is 0 Å². The number of aromatic nitrogens is 2. The standard InChI is InChI=1S/C55H45N3/c1-56-49(40-22-10-4-11-23-40)34-46(35-50(56)41-24-12-5-13-25-41)55(47-36-51(42-26-14-6-15-27-42)57(2)52(37-47)43-28-16-7-17-29-43)48-38-53(44-30-18-8-19-31-44)58(3)54(39-48)45-32-20-9-21-33-45/h4-39H,1-3H3/q+2. The summed E-state index contributed by atoms with van der Waals surface area (Å²) in [6, 6.07) is 74.0. The molecule has 0 unspecified atom stereocenters. The fraction of sp³-hybridized carbons (Fsp3) is 0.0545. The number of benzene rings is 6. The van der Waals surface area contributed by atoms with Crippen LogP contribution in [0.5, 0.6) is 0 Å². The average molecular weight is 748 g/mol. The molecular weight excluding hydrogens is 703 g/mol. The largest absolute Gasteiger partial charge is 0.344 e. The summed E-state index contributed by atoms with van der Waals surface area (Å²) in [5.74, 6) is 0. The van der Waals surface area contributed by atoms with Crippen LogP contribution in [0, 0.1) is 0 Å². The van der Waals surface area contributed by atoms with Crippen molar-refractivity contribution >= 4 is 17.0 Å². The van der Waals surface area contributed by atoms with Gasteiger partial charge in [-0.3, -0.25) is 0 Å². The van der Waals surface area contributed by atoms with Gasteiger partial charge < -0.3 is 4.90 Å². The normalized spacial score (nSPS) is 12.5. The molecule has 0 amide bonds. The molecule has 6 aromatic carbocycles. The third-order valence-corrected chi connectivity index (χ3v) is 11.2. The Balaban J connectivity index is 1.44. The van der Waals surface area contributed by atoms with Crippen LogP contribution < -0.4 is 9.13 Å². The lowest BCUT2D eigenvalue weighted by Gasteiger charge is -2.31. The van der Waals surface area contributed by atoms with Crippen LogP contribution in [0.3, 0.4) is 0 Å². The van der Waals surface area contributed by atoms with E-state index in [9.17, 15) is 0 Å². The molecule has 0 N–H and O–H groups in total. The summed E-state index contributed by atoms with van der Waals surface area (Å²) >= 11 is 0. The highest BCUT2D eigenvalue weighted by molar-refractivity contribution is 5.95. The topological polar surface area (TPSA) is 11.0 Å². The van der Waals surface area contributed by atoms with Crippen molar-refractivity contribution in [1.29, 1.82) is 0 Å². The van der Waals surface area contributed by atoms with Gasteiger partial charge in [0.1, 0.15) is 14.1 Å². The smallest absolute Gasteiger partial charge is 0.213 e. The number of rotatable bonds is 8. The van der Waals surface area contributed by atoms with E-state index in [1.165, 1.54) is 0 Å². The fourth-order valence-corrected chi connectivity index (χ4v) is 8.23. The van der Waals surface area contributed by atoms with Gasteiger partial charge in [-0.15, -0.1) is 0 Å². The highest BCUT2D eigenvalue weighted by Crippen LogP contribution is 2.41. The van der Waals surface area contributed by atoms with E-state index in [1.807, 2.05) is 0 Å². The van der Waals surface area contributed by atoms with Crippen molar-refractivity contribution in [2.75, 3.05) is 7.05 Å². The van der Waals surface area contributed by atoms with E-state index < -0.39 is 0 Å². The summed E-state index contributed by atoms with van der Waals surface area (Å²) in [5.41, 5.74) is 18.3. The monoisotopic (exact) mass is 747 g/mol. The Labute approximate surface area is 342 Å². The van der Waals surface area contributed by atoms with Crippen molar-refractivity contribution < 1.29 is 9.13 Å². The van der Waals surface area contributed by atoms with Gasteiger partial charge in [-0.25, -0.2) is 0 Å². The first-order chi connectivity index (χ1) is 28.5. The fourth-order valence-electron chi connectivity index (χ4n) is 8.23. The van der Waals surface area contributed by atoms with Crippen molar-refractivity contribution in [3.05, 3.63) is 246 Å². The summed E-state index contributed by atoms with van der Waals surface area (Å²) in [7, 11) is 6.55. The van der Waals surface area contributed by atoms with E-state index in [-0.39, 0.29) is 0 Å². The summed E-state index contributed by atoms with van der Waals surface area (Å²) in [4.78, 5) is 2.33. The van der Waals surface area contributed by atoms with Crippen molar-refractivity contribution in [1.82, 2.24) is 4.90 Å². The first-order valence-electron chi connectivity index (χ1n) is 19.9. The Hall–Kier alpha value is -7.36. The maximum atomic E-state index is 2.38. The van der Waals surface area contributed by atoms with E-state index in [2.05, 4.69) is 254 Å². The number of pyridine rings is 2. The lowest BCUT2D eigenvalue weighted by Crippen LogP contribution is -2.35. The van der Waals surface area contributed by atoms with Gasteiger partial charge in [0.15, 0.2) is 0 Å². The predicted molar refractivity (Wildman–Crippen MR) is 240 cm³/mol. The Morgan fingerprint density at radius 2 is 0.586 bits per heavy atom. The van der Waals surface area contributed by atoms with Crippen molar-refractivity contribution in [3.8, 4) is 45.0 Å². The van der Waals surface area contributed by atoms with E-state index in [0.717, 1.165) is 89.8 Å². The Bertz CT molecular complexity index is 2490. The van der Waals surface area contributed by atoms with Crippen molar-refractivity contribution in [2.24, 2.45) is 14.1 Å². The van der Waals surface area contributed by atoms with Gasteiger partial charge in [-0.2, -0.15) is 9.13 Å². The molecule has 0 aliphatic carbocycles. The number of allylic oxidation sites excluding steroid dienone is 3. The quantitative estimate of drug-likeness (QED) is 0.141. The average Bonchev–Trinajstić information content (AvgIpc) is 3.29. The van der Waals surface area contributed by atoms with Gasteiger partial charge in [0.05, 0.1) is 0 Å². The van der Waals surface area contributed by atoms with Gasteiger partial charge in [-0.05, 0) is 94.1 Å². The third kappa shape index (κ3) is 7.11. The van der Waals surface area contributed by atoms with Crippen LogP contribution >= 0.6 is 0 Å². The second kappa shape index (κ2) is 16.0. The summed E-state index contributed by atoms with van der Waals surface area (Å²) < 4.78 is 4.66. The van der Waals surface area contributed by atoms with Gasteiger partial charge in [-0.1, -0.05) is 133 Å². The molecule has 0 bridgehead atoms. The molecule has 0 saturated heterocycles. The van der Waals surface area contributed by atoms with Crippen LogP contribution in [-0.2, 0) is 14.1 Å². The van der Waals surface area contributed by atoms with Gasteiger partial charge in [0, 0.05) is 65.0 Å². The van der Waals surface area contributed by atoms with E-state index in [0.29, 0.717) is 0 Å². The minimum Gasteiger partial charge on any atom is -0.344 e. The molecule has 278 valence electrons. The third-order valence-electron chi connectivity index (χ3n) is 11.2. The zero-order chi connectivity index (χ0) is 39.4. The molecule has 0 atom stereocenters. The molecule has 9 rings (SSSR count). The molecule has 3 heteroatoms. The zero-order valence-corrected chi connectivity index (χ0v) is 33.1. The maximum absolute atomic E-state index is 2.38. The van der Waals surface area contributed by atoms with Gasteiger partial charge in [0.2, 0.25) is 22.8 Å². The molecule has 0 radical (unpaired) electrons. The minimum absolute atomic E-state index is 1.13. The second-order valence-corrected chi connectivity index (χ2v) is 14.8. The SMILES string of the molecule is CN1C(c2ccccc2)=CC(=C(c2cc(-c3ccccc3)[n+](C)c(-c3ccccc3)c2)c2cc(-c3ccccc3)[n+](C)c(-c3ccccc3)c2)C=C1c1ccccc1. The van der Waals surface area contributed by atoms with Crippen LogP contribution in [0.4, 0.5) is 0 Å². The maximum Gasteiger partial charge on any atom is 0.213 e. The highest BCUT2D eigenvalue weighted by atomic mass is 15.1. The molecule has 3 heterocycles. The summed E-state index contributed by atoms with van der Waals surface area (Å²) in [6.45, 7) is 0. The van der Waals surface area contributed by atoms with E-state index in [1.54, 1.807) is 0 Å². The minimum atomic E-state index is 1.13. The zero-order valence-electron chi connectivity index (χ0n) is 33.1. The van der Waals surface area contributed by atoms with Gasteiger partial charge in [0.25, 0.3) is 0 Å². The van der Waals surface area contributed by atoms with Crippen LogP contribution in [0.1, 0.15) is 22.3 Å². The lowest BCUT2D eigenvalue weighted by atomic mass is 9.86. The molecule has 0 saturated carbocycles. The van der Waals surface area contributed by atoms with E-state index >= 15 is 0 Å². The number of hydrogen-bond donors (Lipinski definition) is 0. The molecule has 58 heavy (non-hydrogen) atoms. The van der Waals surface area contributed by atoms with Crippen molar-refractivity contribution in [3.63, 3.8) is 0 Å². The number of nitrogens with zero attached hydrogens (tertiary/aromatic N) is 3. The van der Waals surface area contributed by atoms with Crippen LogP contribution in [0.15, 0.2) is 224 Å². The highest BCUT2D eigenvalue weighted by Gasteiger charge is 2.28. The Morgan fingerprint density at radius 3 is 0.845 bits per heavy atom. The first kappa shape index (κ1) is 36.3. The molecule has 1 aliphatic rings. The molecule has 3 nitrogen and oxygen atoms in total. The predicted octanol–water partition coefficient (Wildman–Crippen LogP) is 11.8. The number of hydrogen-bond acceptors (Lipinski definition) is 1. The molecule has 1 aliphatic heterocycles. The van der Waals surface area contributed by atoms with Crippen LogP contribution in [0.25, 0.3) is 62.0 Å². The molecule has 0 fully saturated rings. The van der Waals surface area contributed by atoms with Crippen LogP contribution in [-0.4, -0.2) is 11.9 Å². The van der Waals surface area contributed by atoms with Gasteiger partial charge >= 0.3 is 0 Å². The Kier molecular flexibility index (Phi) is 10.0. The Morgan fingerprint density at radius 1 is 0.345 bits per heavy atom. The summed E-state index contributed by atoms with van der Waals surface area (Å²) in [5, 5.41) is 0. The second-order valence-electron chi connectivity index (χ2n) is 14.8. The van der Waals surface area contributed by atoms with E-state index in [4.69, 9.17) is 0 Å².